The smallest absolute Gasteiger partial charge is 0.138 e. The number of methoxy groups -OCH3 is 1. The summed E-state index contributed by atoms with van der Waals surface area (Å²) in [4.78, 5) is 1.22. The molecule has 1 aliphatic rings. The van der Waals surface area contributed by atoms with E-state index in [2.05, 4.69) is 0 Å². The maximum atomic E-state index is 10.0. The van der Waals surface area contributed by atoms with Crippen LogP contribution in [0.4, 0.5) is 0 Å². The highest BCUT2D eigenvalue weighted by molar-refractivity contribution is 4.97. The third kappa shape index (κ3) is 3.41. The van der Waals surface area contributed by atoms with Gasteiger partial charge < -0.3 is 35.0 Å². The van der Waals surface area contributed by atoms with Crippen molar-refractivity contribution < 1.29 is 35.0 Å². The molecule has 6 atom stereocenters. The first-order valence-corrected chi connectivity index (χ1v) is 6.20. The lowest BCUT2D eigenvalue weighted by molar-refractivity contribution is -0.268. The van der Waals surface area contributed by atoms with Gasteiger partial charge in [0.05, 0.1) is 19.3 Å². The second-order valence-corrected chi connectivity index (χ2v) is 4.45. The minimum Gasteiger partial charge on any atom is -0.395 e. The van der Waals surface area contributed by atoms with Gasteiger partial charge in [-0.05, 0) is 6.92 Å². The fourth-order valence-corrected chi connectivity index (χ4v) is 2.30. The molecule has 0 aromatic rings. The average Bonchev–Trinajstić information content (AvgIpc) is 2.40. The lowest BCUT2D eigenvalue weighted by Gasteiger charge is -2.49. The van der Waals surface area contributed by atoms with Crippen LogP contribution >= 0.6 is 0 Å². The minimum atomic E-state index is -1.56. The highest BCUT2D eigenvalue weighted by Crippen LogP contribution is 2.26. The number of likely N-dealkylation sites (tertiary alicyclic amines) is 1. The zero-order valence-corrected chi connectivity index (χ0v) is 11.1. The summed E-state index contributed by atoms with van der Waals surface area (Å²) in [6.45, 7) is 1.64. The van der Waals surface area contributed by atoms with Crippen LogP contribution < -0.4 is 0 Å². The van der Waals surface area contributed by atoms with Gasteiger partial charge in [-0.2, -0.15) is 0 Å². The standard InChI is InChI=1S/C11H23NO7/c1-3-19-7(5-18-2)12-6(4-13)8(14)9(15)10(16)11(12)17/h6-11,13-17H,3-5H2,1-2H3/t6-,7?,8-,9+,10-,11?/m1/s1. The van der Waals surface area contributed by atoms with Gasteiger partial charge >= 0.3 is 0 Å². The lowest BCUT2D eigenvalue weighted by atomic mass is 9.92. The molecule has 5 N–H and O–H groups in total. The van der Waals surface area contributed by atoms with E-state index in [1.807, 2.05) is 0 Å². The van der Waals surface area contributed by atoms with Gasteiger partial charge in [-0.15, -0.1) is 0 Å². The predicted molar refractivity (Wildman–Crippen MR) is 64.0 cm³/mol. The van der Waals surface area contributed by atoms with E-state index in [9.17, 15) is 25.5 Å². The Bertz CT molecular complexity index is 261. The summed E-state index contributed by atoms with van der Waals surface area (Å²) in [5, 5.41) is 48.5. The van der Waals surface area contributed by atoms with E-state index >= 15 is 0 Å². The van der Waals surface area contributed by atoms with Gasteiger partial charge in [-0.3, -0.25) is 0 Å². The first-order valence-electron chi connectivity index (χ1n) is 6.20. The summed E-state index contributed by atoms with van der Waals surface area (Å²) in [7, 11) is 1.44. The highest BCUT2D eigenvalue weighted by Gasteiger charge is 2.49. The normalized spacial score (nSPS) is 38.4. The molecule has 19 heavy (non-hydrogen) atoms. The molecule has 0 amide bonds. The van der Waals surface area contributed by atoms with Crippen LogP contribution in [-0.2, 0) is 9.47 Å². The molecule has 1 heterocycles. The van der Waals surface area contributed by atoms with Gasteiger partial charge in [0, 0.05) is 13.7 Å². The third-order valence-corrected chi connectivity index (χ3v) is 3.28. The number of nitrogens with zero attached hydrogens (tertiary/aromatic N) is 1. The number of rotatable bonds is 6. The van der Waals surface area contributed by atoms with Crippen molar-refractivity contribution in [3.63, 3.8) is 0 Å². The van der Waals surface area contributed by atoms with Gasteiger partial charge in [0.2, 0.25) is 0 Å². The van der Waals surface area contributed by atoms with E-state index in [1.54, 1.807) is 6.92 Å². The van der Waals surface area contributed by atoms with Crippen molar-refractivity contribution in [3.05, 3.63) is 0 Å². The Balaban J connectivity index is 2.96. The van der Waals surface area contributed by atoms with Gasteiger partial charge in [0.15, 0.2) is 0 Å². The summed E-state index contributed by atoms with van der Waals surface area (Å²) in [6, 6.07) is -0.958. The summed E-state index contributed by atoms with van der Waals surface area (Å²) >= 11 is 0. The van der Waals surface area contributed by atoms with Crippen LogP contribution in [-0.4, -0.2) is 94.2 Å². The topological polar surface area (TPSA) is 123 Å². The van der Waals surface area contributed by atoms with Crippen molar-refractivity contribution >= 4 is 0 Å². The molecule has 114 valence electrons. The zero-order valence-electron chi connectivity index (χ0n) is 11.1. The summed E-state index contributed by atoms with van der Waals surface area (Å²) in [5.41, 5.74) is 0. The van der Waals surface area contributed by atoms with E-state index < -0.39 is 43.4 Å². The van der Waals surface area contributed by atoms with Crippen LogP contribution in [0.25, 0.3) is 0 Å². The minimum absolute atomic E-state index is 0.0803. The fourth-order valence-electron chi connectivity index (χ4n) is 2.30. The lowest BCUT2D eigenvalue weighted by Crippen LogP contribution is -2.70. The van der Waals surface area contributed by atoms with E-state index in [0.29, 0.717) is 6.61 Å². The second-order valence-electron chi connectivity index (χ2n) is 4.45. The van der Waals surface area contributed by atoms with E-state index in [-0.39, 0.29) is 6.61 Å². The summed E-state index contributed by atoms with van der Waals surface area (Å²) < 4.78 is 10.3. The van der Waals surface area contributed by atoms with Crippen molar-refractivity contribution in [2.45, 2.75) is 43.7 Å². The SMILES string of the molecule is CCOC(COC)N1C(O)[C@H](O)[C@@H](O)[C@H](O)[C@H]1CO. The van der Waals surface area contributed by atoms with Crippen molar-refractivity contribution in [2.75, 3.05) is 26.9 Å². The molecular weight excluding hydrogens is 258 g/mol. The number of hydrogen-bond donors (Lipinski definition) is 5. The quantitative estimate of drug-likeness (QED) is 0.351. The molecule has 0 saturated carbocycles. The summed E-state index contributed by atoms with van der Waals surface area (Å²) in [6.07, 6.45) is -6.71. The van der Waals surface area contributed by atoms with E-state index in [4.69, 9.17) is 9.47 Å². The first-order chi connectivity index (χ1) is 8.99. The molecule has 2 unspecified atom stereocenters. The molecule has 8 nitrogen and oxygen atoms in total. The molecular formula is C11H23NO7. The Morgan fingerprint density at radius 3 is 2.21 bits per heavy atom. The molecule has 1 saturated heterocycles. The summed E-state index contributed by atoms with van der Waals surface area (Å²) in [5.74, 6) is 0. The number of hydrogen-bond acceptors (Lipinski definition) is 8. The average molecular weight is 281 g/mol. The Morgan fingerprint density at radius 1 is 1.11 bits per heavy atom. The predicted octanol–water partition coefficient (Wildman–Crippen LogP) is -2.93. The number of aliphatic hydroxyl groups excluding tert-OH is 5. The van der Waals surface area contributed by atoms with Crippen LogP contribution in [0.1, 0.15) is 6.92 Å². The highest BCUT2D eigenvalue weighted by atomic mass is 16.5. The second kappa shape index (κ2) is 7.46. The Hall–Kier alpha value is -0.320. The van der Waals surface area contributed by atoms with Gasteiger partial charge in [-0.25, -0.2) is 4.90 Å². The van der Waals surface area contributed by atoms with Crippen LogP contribution in [0.5, 0.6) is 0 Å². The van der Waals surface area contributed by atoms with Gasteiger partial charge in [0.25, 0.3) is 0 Å². The monoisotopic (exact) mass is 281 g/mol. The molecule has 0 spiro atoms. The van der Waals surface area contributed by atoms with E-state index in [1.165, 1.54) is 12.0 Å². The van der Waals surface area contributed by atoms with E-state index in [0.717, 1.165) is 0 Å². The number of ether oxygens (including phenoxy) is 2. The third-order valence-electron chi connectivity index (χ3n) is 3.28. The van der Waals surface area contributed by atoms with Crippen LogP contribution in [0.3, 0.4) is 0 Å². The molecule has 0 aromatic carbocycles. The molecule has 0 aliphatic carbocycles. The molecule has 1 fully saturated rings. The Labute approximate surface area is 111 Å². The molecule has 0 aromatic heterocycles. The Kier molecular flexibility index (Phi) is 6.57. The first kappa shape index (κ1) is 16.7. The van der Waals surface area contributed by atoms with Crippen molar-refractivity contribution in [3.8, 4) is 0 Å². The van der Waals surface area contributed by atoms with Crippen molar-refractivity contribution in [2.24, 2.45) is 0 Å². The molecule has 0 radical (unpaired) electrons. The maximum absolute atomic E-state index is 10.0. The molecule has 0 bridgehead atoms. The molecule has 1 aliphatic heterocycles. The molecule has 1 rings (SSSR count). The van der Waals surface area contributed by atoms with Crippen LogP contribution in [0.2, 0.25) is 0 Å². The number of piperidine rings is 1. The van der Waals surface area contributed by atoms with Crippen LogP contribution in [0.15, 0.2) is 0 Å². The van der Waals surface area contributed by atoms with Gasteiger partial charge in [0.1, 0.15) is 30.8 Å². The van der Waals surface area contributed by atoms with Crippen molar-refractivity contribution in [1.29, 1.82) is 0 Å². The Morgan fingerprint density at radius 2 is 1.74 bits per heavy atom. The van der Waals surface area contributed by atoms with Crippen LogP contribution in [0, 0.1) is 0 Å². The molecule has 8 heteroatoms. The maximum Gasteiger partial charge on any atom is 0.138 e. The van der Waals surface area contributed by atoms with Gasteiger partial charge in [-0.1, -0.05) is 0 Å². The van der Waals surface area contributed by atoms with Crippen molar-refractivity contribution in [1.82, 2.24) is 4.90 Å². The fraction of sp³-hybridized carbons (Fsp3) is 1.00. The number of aliphatic hydroxyl groups is 5. The largest absolute Gasteiger partial charge is 0.395 e. The zero-order chi connectivity index (χ0) is 14.6.